The fraction of sp³-hybridized carbons (Fsp3) is 0.389. The van der Waals surface area contributed by atoms with Gasteiger partial charge >= 0.3 is 0 Å². The molecule has 3 N–H and O–H groups in total. The molecule has 1 aromatic carbocycles. The van der Waals surface area contributed by atoms with E-state index in [0.717, 1.165) is 16.1 Å². The molecule has 0 aliphatic heterocycles. The maximum Gasteiger partial charge on any atom is 0.252 e. The van der Waals surface area contributed by atoms with E-state index in [0.29, 0.717) is 36.2 Å². The number of hydrogen-bond acceptors (Lipinski definition) is 4. The van der Waals surface area contributed by atoms with Crippen LogP contribution < -0.4 is 11.1 Å². The molecule has 9 heteroatoms. The second-order valence-corrected chi connectivity index (χ2v) is 9.15. The molecule has 0 spiro atoms. The van der Waals surface area contributed by atoms with E-state index in [2.05, 4.69) is 10.3 Å². The number of nitrogens with zero attached hydrogens (tertiary/aromatic N) is 2. The van der Waals surface area contributed by atoms with Crippen LogP contribution in [0.2, 0.25) is 0 Å². The highest BCUT2D eigenvalue weighted by Crippen LogP contribution is 2.25. The normalized spacial score (nSPS) is 12.1. The van der Waals surface area contributed by atoms with Crippen molar-refractivity contribution in [1.29, 1.82) is 0 Å². The summed E-state index contributed by atoms with van der Waals surface area (Å²) in [6.45, 7) is 7.13. The predicted molar refractivity (Wildman–Crippen MR) is 125 cm³/mol. The van der Waals surface area contributed by atoms with Gasteiger partial charge < -0.3 is 11.1 Å². The van der Waals surface area contributed by atoms with Crippen molar-refractivity contribution in [3.63, 3.8) is 0 Å². The van der Waals surface area contributed by atoms with E-state index < -0.39 is 10.0 Å². The van der Waals surface area contributed by atoms with Gasteiger partial charge in [-0.3, -0.25) is 4.99 Å². The van der Waals surface area contributed by atoms with Crippen LogP contribution in [0.5, 0.6) is 0 Å². The van der Waals surface area contributed by atoms with Crippen molar-refractivity contribution in [1.82, 2.24) is 4.31 Å². The molecule has 27 heavy (non-hydrogen) atoms. The number of benzene rings is 1. The lowest BCUT2D eigenvalue weighted by atomic mass is 10.2. The van der Waals surface area contributed by atoms with Gasteiger partial charge in [-0.2, -0.15) is 4.31 Å². The van der Waals surface area contributed by atoms with Crippen molar-refractivity contribution in [2.45, 2.75) is 31.4 Å². The van der Waals surface area contributed by atoms with Gasteiger partial charge in [0.15, 0.2) is 5.96 Å². The standard InChI is InChI=1S/C18H26N4O2S2.HI/c1-4-22(5-2)26(23,24)17-10-9-16(25-17)11-12-20-18(19)21-15-8-6-7-14(3)13-15;/h6-10,13H,4-5,11-12H2,1-3H3,(H3,19,20,21);1H. The Morgan fingerprint density at radius 3 is 2.56 bits per heavy atom. The van der Waals surface area contributed by atoms with Gasteiger partial charge in [0, 0.05) is 36.6 Å². The summed E-state index contributed by atoms with van der Waals surface area (Å²) in [4.78, 5) is 5.29. The van der Waals surface area contributed by atoms with E-state index >= 15 is 0 Å². The molecule has 0 amide bonds. The number of halogens is 1. The summed E-state index contributed by atoms with van der Waals surface area (Å²) in [7, 11) is -3.39. The third kappa shape index (κ3) is 6.74. The molecule has 1 aromatic heterocycles. The van der Waals surface area contributed by atoms with Gasteiger partial charge in [0.05, 0.1) is 0 Å². The van der Waals surface area contributed by atoms with Crippen LogP contribution in [0.25, 0.3) is 0 Å². The van der Waals surface area contributed by atoms with Crippen LogP contribution in [-0.4, -0.2) is 38.3 Å². The summed E-state index contributed by atoms with van der Waals surface area (Å²) in [6.07, 6.45) is 0.647. The lowest BCUT2D eigenvalue weighted by Crippen LogP contribution is -2.29. The number of guanidine groups is 1. The third-order valence-electron chi connectivity index (χ3n) is 3.87. The minimum absolute atomic E-state index is 0. The molecule has 0 fully saturated rings. The number of rotatable bonds is 8. The molecule has 2 rings (SSSR count). The Bertz CT molecular complexity index is 862. The maximum absolute atomic E-state index is 12.5. The van der Waals surface area contributed by atoms with Crippen LogP contribution >= 0.6 is 35.3 Å². The zero-order valence-electron chi connectivity index (χ0n) is 15.8. The van der Waals surface area contributed by atoms with Crippen LogP contribution in [0.4, 0.5) is 5.69 Å². The molecule has 6 nitrogen and oxygen atoms in total. The number of thiophene rings is 1. The average molecular weight is 522 g/mol. The molecular formula is C18H27IN4O2S2. The van der Waals surface area contributed by atoms with Gasteiger partial charge in [0.2, 0.25) is 0 Å². The van der Waals surface area contributed by atoms with Gasteiger partial charge in [-0.15, -0.1) is 35.3 Å². The summed E-state index contributed by atoms with van der Waals surface area (Å²) in [5.41, 5.74) is 7.95. The summed E-state index contributed by atoms with van der Waals surface area (Å²) in [5.74, 6) is 0.350. The Hall–Kier alpha value is -1.17. The van der Waals surface area contributed by atoms with Gasteiger partial charge in [-0.05, 0) is 36.8 Å². The highest BCUT2D eigenvalue weighted by Gasteiger charge is 2.23. The topological polar surface area (TPSA) is 87.8 Å². The van der Waals surface area contributed by atoms with E-state index in [1.54, 1.807) is 6.07 Å². The van der Waals surface area contributed by atoms with Gasteiger partial charge in [0.25, 0.3) is 10.0 Å². The Balaban J connectivity index is 0.00000364. The molecule has 0 unspecified atom stereocenters. The Labute approximate surface area is 182 Å². The van der Waals surface area contributed by atoms with E-state index in [1.165, 1.54) is 15.6 Å². The fourth-order valence-corrected chi connectivity index (χ4v) is 5.48. The van der Waals surface area contributed by atoms with Crippen LogP contribution in [0.1, 0.15) is 24.3 Å². The van der Waals surface area contributed by atoms with E-state index in [-0.39, 0.29) is 24.0 Å². The van der Waals surface area contributed by atoms with Crippen LogP contribution in [0.3, 0.4) is 0 Å². The number of nitrogens with one attached hydrogen (secondary N) is 1. The molecule has 0 aliphatic rings. The van der Waals surface area contributed by atoms with Crippen molar-refractivity contribution < 1.29 is 8.42 Å². The minimum Gasteiger partial charge on any atom is -0.370 e. The molecule has 0 atom stereocenters. The second kappa shape index (κ2) is 11.0. The fourth-order valence-electron chi connectivity index (χ4n) is 2.52. The Morgan fingerprint density at radius 1 is 1.22 bits per heavy atom. The van der Waals surface area contributed by atoms with E-state index in [9.17, 15) is 8.42 Å². The van der Waals surface area contributed by atoms with Crippen molar-refractivity contribution in [3.8, 4) is 0 Å². The largest absolute Gasteiger partial charge is 0.370 e. The van der Waals surface area contributed by atoms with E-state index in [1.807, 2.05) is 51.1 Å². The quantitative estimate of drug-likeness (QED) is 0.315. The first-order valence-corrected chi connectivity index (χ1v) is 10.8. The molecule has 0 bridgehead atoms. The summed E-state index contributed by atoms with van der Waals surface area (Å²) < 4.78 is 26.8. The van der Waals surface area contributed by atoms with Crippen LogP contribution in [0, 0.1) is 6.92 Å². The predicted octanol–water partition coefficient (Wildman–Crippen LogP) is 3.67. The SMILES string of the molecule is CCN(CC)S(=O)(=O)c1ccc(CCN=C(N)Nc2cccc(C)c2)s1.I. The number of anilines is 1. The first-order valence-electron chi connectivity index (χ1n) is 8.59. The Kier molecular flexibility index (Phi) is 9.71. The average Bonchev–Trinajstić information content (AvgIpc) is 3.05. The summed E-state index contributed by atoms with van der Waals surface area (Å²) in [6, 6.07) is 11.4. The van der Waals surface area contributed by atoms with Crippen molar-refractivity contribution in [2.75, 3.05) is 25.0 Å². The van der Waals surface area contributed by atoms with E-state index in [4.69, 9.17) is 5.73 Å². The highest BCUT2D eigenvalue weighted by molar-refractivity contribution is 14.0. The minimum atomic E-state index is -3.39. The van der Waals surface area contributed by atoms with Crippen molar-refractivity contribution >= 4 is 57.0 Å². The number of nitrogens with two attached hydrogens (primary N) is 1. The molecule has 0 aliphatic carbocycles. The van der Waals surface area contributed by atoms with Gasteiger partial charge in [-0.1, -0.05) is 26.0 Å². The first-order chi connectivity index (χ1) is 12.4. The van der Waals surface area contributed by atoms with Gasteiger partial charge in [0.1, 0.15) is 4.21 Å². The molecule has 1 heterocycles. The van der Waals surface area contributed by atoms with Crippen molar-refractivity contribution in [2.24, 2.45) is 10.7 Å². The smallest absolute Gasteiger partial charge is 0.252 e. The Morgan fingerprint density at radius 2 is 1.93 bits per heavy atom. The maximum atomic E-state index is 12.5. The zero-order valence-corrected chi connectivity index (χ0v) is 19.8. The molecular weight excluding hydrogens is 495 g/mol. The van der Waals surface area contributed by atoms with Crippen molar-refractivity contribution in [3.05, 3.63) is 46.8 Å². The summed E-state index contributed by atoms with van der Waals surface area (Å²) >= 11 is 1.30. The second-order valence-electron chi connectivity index (χ2n) is 5.82. The van der Waals surface area contributed by atoms with Crippen LogP contribution in [0.15, 0.2) is 45.6 Å². The molecule has 150 valence electrons. The lowest BCUT2D eigenvalue weighted by Gasteiger charge is -2.16. The monoisotopic (exact) mass is 522 g/mol. The third-order valence-corrected chi connectivity index (χ3v) is 7.53. The molecule has 0 saturated heterocycles. The van der Waals surface area contributed by atoms with Crippen LogP contribution in [-0.2, 0) is 16.4 Å². The first kappa shape index (κ1) is 23.9. The lowest BCUT2D eigenvalue weighted by molar-refractivity contribution is 0.447. The number of aryl methyl sites for hydroxylation is 1. The summed E-state index contributed by atoms with van der Waals surface area (Å²) in [5, 5.41) is 3.06. The van der Waals surface area contributed by atoms with Gasteiger partial charge in [-0.25, -0.2) is 8.42 Å². The molecule has 0 saturated carbocycles. The highest BCUT2D eigenvalue weighted by atomic mass is 127. The zero-order chi connectivity index (χ0) is 19.2. The molecule has 0 radical (unpaired) electrons. The molecule has 2 aromatic rings. The number of sulfonamides is 1. The number of hydrogen-bond donors (Lipinski definition) is 2. The number of aliphatic imine (C=N–C) groups is 1.